The minimum absolute atomic E-state index is 0.708. The first kappa shape index (κ1) is 20.5. The van der Waals surface area contributed by atoms with Gasteiger partial charge in [-0.3, -0.25) is 0 Å². The molecule has 1 heterocycles. The Kier molecular flexibility index (Phi) is 7.14. The molecule has 0 amide bonds. The van der Waals surface area contributed by atoms with Crippen molar-refractivity contribution in [2.45, 2.75) is 71.6 Å². The van der Waals surface area contributed by atoms with Gasteiger partial charge in [-0.15, -0.1) is 6.58 Å². The van der Waals surface area contributed by atoms with Gasteiger partial charge >= 0.3 is 0 Å². The smallest absolute Gasteiger partial charge is 0.0502 e. The normalized spacial score (nSPS) is 14.5. The van der Waals surface area contributed by atoms with Crippen LogP contribution in [0, 0.1) is 0 Å². The molecule has 1 heteroatoms. The summed E-state index contributed by atoms with van der Waals surface area (Å²) in [5.74, 6) is 0.708. The van der Waals surface area contributed by atoms with E-state index in [1.807, 2.05) is 6.92 Å². The van der Waals surface area contributed by atoms with Crippen molar-refractivity contribution in [2.75, 3.05) is 0 Å². The molecule has 0 radical (unpaired) electrons. The van der Waals surface area contributed by atoms with Gasteiger partial charge in [0.1, 0.15) is 0 Å². The highest BCUT2D eigenvalue weighted by Gasteiger charge is 2.24. The summed E-state index contributed by atoms with van der Waals surface area (Å²) in [5, 5.41) is 1.43. The fourth-order valence-corrected chi connectivity index (χ4v) is 4.26. The Morgan fingerprint density at radius 1 is 0.964 bits per heavy atom. The van der Waals surface area contributed by atoms with Gasteiger partial charge < -0.3 is 4.98 Å². The Labute approximate surface area is 170 Å². The Morgan fingerprint density at radius 2 is 1.61 bits per heavy atom. The number of benzene rings is 2. The van der Waals surface area contributed by atoms with Crippen molar-refractivity contribution < 1.29 is 0 Å². The van der Waals surface area contributed by atoms with Crippen LogP contribution in [0.15, 0.2) is 60.7 Å². The molecule has 0 bridgehead atoms. The summed E-state index contributed by atoms with van der Waals surface area (Å²) >= 11 is 0. The van der Waals surface area contributed by atoms with E-state index >= 15 is 0 Å². The number of hydrogen-bond donors (Lipinski definition) is 1. The SMILES string of the molecule is C=C(C)CC.CCc1ccccc1-c1[nH]c2ccccc2c1C1CCCCC1. The van der Waals surface area contributed by atoms with Crippen LogP contribution >= 0.6 is 0 Å². The van der Waals surface area contributed by atoms with E-state index in [1.165, 1.54) is 65.4 Å². The molecule has 1 saturated carbocycles. The third kappa shape index (κ3) is 4.58. The van der Waals surface area contributed by atoms with Gasteiger partial charge in [0, 0.05) is 16.5 Å². The standard InChI is InChI=1S/C22H25N.C5H10/c1-2-16-10-6-7-13-18(16)22-21(17-11-4-3-5-12-17)19-14-8-9-15-20(19)23-22;1-4-5(2)3/h6-10,13-15,17,23H,2-5,11-12H2,1H3;2,4H2,1,3H3. The molecule has 3 aromatic rings. The molecule has 1 aromatic heterocycles. The predicted octanol–water partition coefficient (Wildman–Crippen LogP) is 8.42. The van der Waals surface area contributed by atoms with Gasteiger partial charge in [-0.05, 0) is 55.7 Å². The summed E-state index contributed by atoms with van der Waals surface area (Å²) in [7, 11) is 0. The van der Waals surface area contributed by atoms with E-state index in [-0.39, 0.29) is 0 Å². The topological polar surface area (TPSA) is 15.8 Å². The number of H-pyrrole nitrogens is 1. The Bertz CT molecular complexity index is 909. The molecule has 0 atom stereocenters. The molecule has 2 aromatic carbocycles. The minimum atomic E-state index is 0.708. The number of aromatic nitrogens is 1. The predicted molar refractivity (Wildman–Crippen MR) is 124 cm³/mol. The van der Waals surface area contributed by atoms with Crippen LogP contribution in [-0.4, -0.2) is 4.98 Å². The molecule has 1 N–H and O–H groups in total. The van der Waals surface area contributed by atoms with E-state index in [0.717, 1.165) is 12.8 Å². The third-order valence-electron chi connectivity index (χ3n) is 6.03. The lowest BCUT2D eigenvalue weighted by atomic mass is 9.81. The highest BCUT2D eigenvalue weighted by molar-refractivity contribution is 5.92. The van der Waals surface area contributed by atoms with Crippen LogP contribution < -0.4 is 0 Å². The van der Waals surface area contributed by atoms with Crippen molar-refractivity contribution in [3.63, 3.8) is 0 Å². The van der Waals surface area contributed by atoms with Crippen molar-refractivity contribution in [3.8, 4) is 11.3 Å². The second kappa shape index (κ2) is 9.78. The molecule has 4 rings (SSSR count). The number of fused-ring (bicyclic) bond motifs is 1. The Balaban J connectivity index is 0.000000403. The van der Waals surface area contributed by atoms with Crippen LogP contribution in [0.2, 0.25) is 0 Å². The maximum absolute atomic E-state index is 3.75. The minimum Gasteiger partial charge on any atom is -0.354 e. The number of aromatic amines is 1. The molecule has 0 spiro atoms. The van der Waals surface area contributed by atoms with E-state index in [4.69, 9.17) is 0 Å². The number of hydrogen-bond acceptors (Lipinski definition) is 0. The number of nitrogens with one attached hydrogen (secondary N) is 1. The van der Waals surface area contributed by atoms with Crippen LogP contribution in [0.4, 0.5) is 0 Å². The number of para-hydroxylation sites is 1. The van der Waals surface area contributed by atoms with Crippen LogP contribution in [-0.2, 0) is 6.42 Å². The van der Waals surface area contributed by atoms with E-state index in [9.17, 15) is 0 Å². The fourth-order valence-electron chi connectivity index (χ4n) is 4.26. The van der Waals surface area contributed by atoms with Gasteiger partial charge in [0.05, 0.1) is 5.69 Å². The monoisotopic (exact) mass is 373 g/mol. The summed E-state index contributed by atoms with van der Waals surface area (Å²) < 4.78 is 0. The highest BCUT2D eigenvalue weighted by Crippen LogP contribution is 2.42. The lowest BCUT2D eigenvalue weighted by Gasteiger charge is -2.23. The first-order valence-corrected chi connectivity index (χ1v) is 11.0. The summed E-state index contributed by atoms with van der Waals surface area (Å²) in [5.41, 5.74) is 8.32. The molecule has 1 fully saturated rings. The second-order valence-corrected chi connectivity index (χ2v) is 8.12. The van der Waals surface area contributed by atoms with Crippen LogP contribution in [0.3, 0.4) is 0 Å². The zero-order valence-electron chi connectivity index (χ0n) is 17.9. The van der Waals surface area contributed by atoms with E-state index in [0.29, 0.717) is 5.92 Å². The molecule has 1 aliphatic carbocycles. The Morgan fingerprint density at radius 3 is 2.29 bits per heavy atom. The maximum Gasteiger partial charge on any atom is 0.0502 e. The van der Waals surface area contributed by atoms with Gasteiger partial charge in [-0.2, -0.15) is 0 Å². The van der Waals surface area contributed by atoms with Crippen molar-refractivity contribution in [1.82, 2.24) is 4.98 Å². The maximum atomic E-state index is 3.75. The van der Waals surface area contributed by atoms with E-state index in [1.54, 1.807) is 5.56 Å². The van der Waals surface area contributed by atoms with Gasteiger partial charge in [0.2, 0.25) is 0 Å². The average Bonchev–Trinajstić information content (AvgIpc) is 3.14. The zero-order valence-corrected chi connectivity index (χ0v) is 17.9. The summed E-state index contributed by atoms with van der Waals surface area (Å²) in [6.07, 6.45) is 9.01. The molecule has 1 aliphatic rings. The second-order valence-electron chi connectivity index (χ2n) is 8.12. The van der Waals surface area contributed by atoms with Gasteiger partial charge in [0.25, 0.3) is 0 Å². The van der Waals surface area contributed by atoms with Crippen molar-refractivity contribution >= 4 is 10.9 Å². The van der Waals surface area contributed by atoms with Crippen molar-refractivity contribution in [3.05, 3.63) is 71.8 Å². The Hall–Kier alpha value is -2.28. The molecule has 0 aliphatic heterocycles. The van der Waals surface area contributed by atoms with Crippen LogP contribution in [0.1, 0.15) is 76.3 Å². The first-order chi connectivity index (χ1) is 13.7. The fraction of sp³-hybridized carbons (Fsp3) is 0.407. The largest absolute Gasteiger partial charge is 0.354 e. The van der Waals surface area contributed by atoms with Crippen LogP contribution in [0.5, 0.6) is 0 Å². The van der Waals surface area contributed by atoms with E-state index < -0.39 is 0 Å². The van der Waals surface area contributed by atoms with E-state index in [2.05, 4.69) is 73.9 Å². The van der Waals surface area contributed by atoms with Gasteiger partial charge in [-0.1, -0.05) is 81.1 Å². The van der Waals surface area contributed by atoms with Crippen LogP contribution in [0.25, 0.3) is 22.2 Å². The van der Waals surface area contributed by atoms with Crippen molar-refractivity contribution in [2.24, 2.45) is 0 Å². The first-order valence-electron chi connectivity index (χ1n) is 11.0. The van der Waals surface area contributed by atoms with Crippen molar-refractivity contribution in [1.29, 1.82) is 0 Å². The average molecular weight is 374 g/mol. The lowest BCUT2D eigenvalue weighted by molar-refractivity contribution is 0.446. The highest BCUT2D eigenvalue weighted by atomic mass is 14.7. The molecule has 148 valence electrons. The van der Waals surface area contributed by atoms with Gasteiger partial charge in [-0.25, -0.2) is 0 Å². The molecule has 1 nitrogen and oxygen atoms in total. The molecule has 0 unspecified atom stereocenters. The lowest BCUT2D eigenvalue weighted by Crippen LogP contribution is -2.05. The summed E-state index contributed by atoms with van der Waals surface area (Å²) in [6.45, 7) is 10.1. The molecular formula is C27H35N. The summed E-state index contributed by atoms with van der Waals surface area (Å²) in [4.78, 5) is 3.75. The zero-order chi connectivity index (χ0) is 19.9. The summed E-state index contributed by atoms with van der Waals surface area (Å²) in [6, 6.07) is 17.7. The number of allylic oxidation sites excluding steroid dienone is 1. The quantitative estimate of drug-likeness (QED) is 0.442. The number of rotatable bonds is 4. The van der Waals surface area contributed by atoms with Gasteiger partial charge in [0.15, 0.2) is 0 Å². The number of aryl methyl sites for hydroxylation is 1. The molecule has 0 saturated heterocycles. The molecular weight excluding hydrogens is 338 g/mol. The molecule has 28 heavy (non-hydrogen) atoms. The third-order valence-corrected chi connectivity index (χ3v) is 6.03.